The van der Waals surface area contributed by atoms with Gasteiger partial charge in [-0.05, 0) is 41.0 Å². The zero-order valence-electron chi connectivity index (χ0n) is 22.0. The summed E-state index contributed by atoms with van der Waals surface area (Å²) in [5.41, 5.74) is -0.133. The summed E-state index contributed by atoms with van der Waals surface area (Å²) >= 11 is 0. The molecule has 5 rings (SSSR count). The SMILES string of the molecule is COc1ccc(C(OC[C@H]2O[C@@H](n3ccc(=O)[nH]c3=O)[C@H]([18OH])[C@@H]2O)(c2ccccc2)c2ccc(OC)cc2)cc1. The molecule has 3 aromatic carbocycles. The lowest BCUT2D eigenvalue weighted by molar-refractivity contribution is -0.0958. The normalized spacial score (nSPS) is 20.8. The summed E-state index contributed by atoms with van der Waals surface area (Å²) in [6.07, 6.45) is -3.82. The number of ether oxygens (including phenoxy) is 4. The van der Waals surface area contributed by atoms with Crippen LogP contribution in [0.2, 0.25) is 0 Å². The maximum absolute atomic E-state index is 12.3. The molecule has 0 unspecified atom stereocenters. The Hall–Kier alpha value is -4.22. The third-order valence-electron chi connectivity index (χ3n) is 7.10. The smallest absolute Gasteiger partial charge is 0.330 e. The topological polar surface area (TPSA) is 132 Å². The lowest BCUT2D eigenvalue weighted by Crippen LogP contribution is -2.40. The van der Waals surface area contributed by atoms with Crippen molar-refractivity contribution in [2.75, 3.05) is 20.8 Å². The summed E-state index contributed by atoms with van der Waals surface area (Å²) in [4.78, 5) is 26.0. The van der Waals surface area contributed by atoms with E-state index in [0.717, 1.165) is 27.3 Å². The van der Waals surface area contributed by atoms with Crippen molar-refractivity contribution < 1.29 is 29.2 Å². The molecule has 1 aliphatic heterocycles. The number of hydrogen-bond acceptors (Lipinski definition) is 8. The molecule has 40 heavy (non-hydrogen) atoms. The highest BCUT2D eigenvalue weighted by Gasteiger charge is 2.46. The van der Waals surface area contributed by atoms with Gasteiger partial charge in [-0.25, -0.2) is 4.79 Å². The van der Waals surface area contributed by atoms with Crippen molar-refractivity contribution in [3.8, 4) is 11.5 Å². The van der Waals surface area contributed by atoms with E-state index in [2.05, 4.69) is 4.98 Å². The van der Waals surface area contributed by atoms with E-state index in [4.69, 9.17) is 18.9 Å². The van der Waals surface area contributed by atoms with E-state index in [1.807, 2.05) is 78.9 Å². The molecule has 0 radical (unpaired) electrons. The quantitative estimate of drug-likeness (QED) is 0.214. The minimum Gasteiger partial charge on any atom is -0.497 e. The molecular formula is C30H30N2O8. The van der Waals surface area contributed by atoms with Gasteiger partial charge in [-0.3, -0.25) is 14.3 Å². The van der Waals surface area contributed by atoms with Gasteiger partial charge >= 0.3 is 5.69 Å². The molecular weight excluding hydrogens is 518 g/mol. The van der Waals surface area contributed by atoms with Crippen LogP contribution in [0.5, 0.6) is 11.5 Å². The third kappa shape index (κ3) is 5.05. The van der Waals surface area contributed by atoms with E-state index < -0.39 is 41.4 Å². The van der Waals surface area contributed by atoms with Crippen molar-refractivity contribution in [1.82, 2.24) is 9.55 Å². The number of nitrogens with zero attached hydrogens (tertiary/aromatic N) is 1. The molecule has 208 valence electrons. The Balaban J connectivity index is 1.56. The van der Waals surface area contributed by atoms with Crippen molar-refractivity contribution >= 4 is 0 Å². The Labute approximate surface area is 230 Å². The second kappa shape index (κ2) is 11.5. The molecule has 0 spiro atoms. The number of nitrogens with one attached hydrogen (secondary N) is 1. The number of aliphatic hydroxyl groups excluding tert-OH is 2. The Kier molecular flexibility index (Phi) is 7.85. The van der Waals surface area contributed by atoms with Crippen LogP contribution in [0.3, 0.4) is 0 Å². The van der Waals surface area contributed by atoms with E-state index in [9.17, 15) is 19.8 Å². The molecule has 4 atom stereocenters. The predicted molar refractivity (Wildman–Crippen MR) is 146 cm³/mol. The van der Waals surface area contributed by atoms with E-state index in [-0.39, 0.29) is 6.61 Å². The van der Waals surface area contributed by atoms with E-state index in [0.29, 0.717) is 11.5 Å². The molecule has 2 heterocycles. The number of rotatable bonds is 9. The standard InChI is InChI=1S/C30H30N2O8/c1-37-22-12-8-20(9-13-22)30(19-6-4-3-5-7-19,21-10-14-23(38-2)15-11-21)39-18-24-26(34)27(35)28(40-24)32-17-16-25(33)31-29(32)36/h3-17,24,26-28,34-35H,18H2,1-2H3,(H,31,33,36)/t24-,26-,27-,28-/m1/s1/i35+2. The molecule has 0 saturated carbocycles. The minimum atomic E-state index is -1.44. The van der Waals surface area contributed by atoms with E-state index >= 15 is 0 Å². The number of aromatic amines is 1. The molecule has 1 fully saturated rings. The van der Waals surface area contributed by atoms with Gasteiger partial charge in [0.05, 0.1) is 20.8 Å². The number of benzene rings is 3. The van der Waals surface area contributed by atoms with Crippen LogP contribution in [0.1, 0.15) is 22.9 Å². The summed E-state index contributed by atoms with van der Waals surface area (Å²) in [7, 11) is 3.18. The van der Waals surface area contributed by atoms with Gasteiger partial charge in [0.1, 0.15) is 35.4 Å². The second-order valence-corrected chi connectivity index (χ2v) is 9.38. The molecule has 1 aliphatic rings. The minimum absolute atomic E-state index is 0.153. The third-order valence-corrected chi connectivity index (χ3v) is 7.10. The first kappa shape index (κ1) is 27.4. The fourth-order valence-electron chi connectivity index (χ4n) is 5.01. The van der Waals surface area contributed by atoms with E-state index in [1.54, 1.807) is 14.2 Å². The Morgan fingerprint density at radius 2 is 1.43 bits per heavy atom. The van der Waals surface area contributed by atoms with Gasteiger partial charge in [0.2, 0.25) is 0 Å². The summed E-state index contributed by atoms with van der Waals surface area (Å²) in [5, 5.41) is 21.7. The highest BCUT2D eigenvalue weighted by molar-refractivity contribution is 5.49. The predicted octanol–water partition coefficient (Wildman–Crippen LogP) is 2.18. The molecule has 10 nitrogen and oxygen atoms in total. The Morgan fingerprint density at radius 3 is 1.95 bits per heavy atom. The number of aliphatic hydroxyl groups is 2. The molecule has 4 aromatic rings. The van der Waals surface area contributed by atoms with Gasteiger partial charge in [-0.15, -0.1) is 0 Å². The van der Waals surface area contributed by atoms with Crippen LogP contribution in [0.4, 0.5) is 0 Å². The summed E-state index contributed by atoms with van der Waals surface area (Å²) in [6.45, 7) is -0.153. The highest BCUT2D eigenvalue weighted by atomic mass is 18.2. The molecule has 0 aliphatic carbocycles. The van der Waals surface area contributed by atoms with Crippen LogP contribution in [0.25, 0.3) is 0 Å². The maximum Gasteiger partial charge on any atom is 0.330 e. The number of methoxy groups -OCH3 is 2. The van der Waals surface area contributed by atoms with Crippen molar-refractivity contribution in [2.24, 2.45) is 0 Å². The Morgan fingerprint density at radius 1 is 0.875 bits per heavy atom. The van der Waals surface area contributed by atoms with Crippen molar-refractivity contribution in [3.63, 3.8) is 0 Å². The first-order chi connectivity index (χ1) is 19.4. The van der Waals surface area contributed by atoms with E-state index in [1.165, 1.54) is 6.20 Å². The van der Waals surface area contributed by atoms with Crippen LogP contribution < -0.4 is 20.7 Å². The molecule has 3 N–H and O–H groups in total. The van der Waals surface area contributed by atoms with Crippen molar-refractivity contribution in [1.29, 1.82) is 0 Å². The van der Waals surface area contributed by atoms with Gasteiger partial charge in [-0.2, -0.15) is 0 Å². The summed E-state index contributed by atoms with van der Waals surface area (Å²) in [6, 6.07) is 25.7. The lowest BCUT2D eigenvalue weighted by Gasteiger charge is -2.37. The van der Waals surface area contributed by atoms with Crippen LogP contribution in [0.15, 0.2) is 101 Å². The summed E-state index contributed by atoms with van der Waals surface area (Å²) < 4.78 is 24.5. The number of aromatic nitrogens is 2. The Bertz CT molecular complexity index is 1490. The maximum atomic E-state index is 12.3. The number of H-pyrrole nitrogens is 1. The average molecular weight is 549 g/mol. The zero-order chi connectivity index (χ0) is 28.3. The average Bonchev–Trinajstić information content (AvgIpc) is 3.27. The van der Waals surface area contributed by atoms with Gasteiger partial charge in [-0.1, -0.05) is 54.6 Å². The van der Waals surface area contributed by atoms with Gasteiger partial charge in [0.15, 0.2) is 6.23 Å². The fraction of sp³-hybridized carbons (Fsp3) is 0.267. The molecule has 10 heteroatoms. The zero-order valence-corrected chi connectivity index (χ0v) is 22.0. The van der Waals surface area contributed by atoms with Gasteiger partial charge in [0.25, 0.3) is 5.56 Å². The lowest BCUT2D eigenvalue weighted by atomic mass is 9.80. The molecule has 1 saturated heterocycles. The van der Waals surface area contributed by atoms with Crippen LogP contribution in [-0.4, -0.2) is 58.9 Å². The monoisotopic (exact) mass is 548 g/mol. The second-order valence-electron chi connectivity index (χ2n) is 9.38. The van der Waals surface area contributed by atoms with Crippen molar-refractivity contribution in [2.45, 2.75) is 30.1 Å². The molecule has 0 bridgehead atoms. The summed E-state index contributed by atoms with van der Waals surface area (Å²) in [5.74, 6) is 1.35. The van der Waals surface area contributed by atoms with Crippen molar-refractivity contribution in [3.05, 3.63) is 129 Å². The molecule has 0 amide bonds. The van der Waals surface area contributed by atoms with Gasteiger partial charge in [0, 0.05) is 12.3 Å². The highest BCUT2D eigenvalue weighted by Crippen LogP contribution is 2.42. The first-order valence-electron chi connectivity index (χ1n) is 12.7. The first-order valence-corrected chi connectivity index (χ1v) is 12.7. The molecule has 1 aromatic heterocycles. The van der Waals surface area contributed by atoms with Gasteiger partial charge < -0.3 is 29.2 Å². The largest absolute Gasteiger partial charge is 0.497 e. The van der Waals surface area contributed by atoms with Crippen LogP contribution >= 0.6 is 0 Å². The fourth-order valence-corrected chi connectivity index (χ4v) is 5.01. The van der Waals surface area contributed by atoms with Crippen LogP contribution in [-0.2, 0) is 15.1 Å². The number of hydrogen-bond donors (Lipinski definition) is 3. The van der Waals surface area contributed by atoms with Crippen LogP contribution in [0, 0.1) is 0 Å².